The van der Waals surface area contributed by atoms with Crippen molar-refractivity contribution in [3.05, 3.63) is 71.5 Å². The minimum absolute atomic E-state index is 0.167. The number of para-hydroxylation sites is 1. The summed E-state index contributed by atoms with van der Waals surface area (Å²) in [6.45, 7) is 9.21. The van der Waals surface area contributed by atoms with Gasteiger partial charge in [-0.25, -0.2) is 4.98 Å². The van der Waals surface area contributed by atoms with Gasteiger partial charge in [0.1, 0.15) is 11.6 Å². The fourth-order valence-electron chi connectivity index (χ4n) is 3.65. The number of esters is 1. The van der Waals surface area contributed by atoms with Crippen molar-refractivity contribution in [3.63, 3.8) is 0 Å². The molecule has 0 amide bonds. The van der Waals surface area contributed by atoms with Gasteiger partial charge in [0.25, 0.3) is 0 Å². The molecule has 5 nitrogen and oxygen atoms in total. The number of carbonyl (C=O) groups is 1. The van der Waals surface area contributed by atoms with E-state index in [0.717, 1.165) is 41.8 Å². The van der Waals surface area contributed by atoms with E-state index in [4.69, 9.17) is 9.47 Å². The molecule has 0 atom stereocenters. The van der Waals surface area contributed by atoms with E-state index in [1.165, 1.54) is 5.92 Å². The fraction of sp³-hybridized carbons (Fsp3) is 0.400. The van der Waals surface area contributed by atoms with Crippen LogP contribution in [0.1, 0.15) is 63.3 Å². The van der Waals surface area contributed by atoms with Gasteiger partial charge in [0.2, 0.25) is 0 Å². The summed E-state index contributed by atoms with van der Waals surface area (Å²) in [5.41, 5.74) is 2.99. The second kappa shape index (κ2) is 15.5. The first-order valence-corrected chi connectivity index (χ1v) is 12.9. The predicted octanol–water partition coefficient (Wildman–Crippen LogP) is 7.35. The van der Waals surface area contributed by atoms with Crippen LogP contribution in [0.4, 0.5) is 13.2 Å². The lowest BCUT2D eigenvalue weighted by Gasteiger charge is -2.15. The molecule has 0 aliphatic carbocycles. The highest BCUT2D eigenvalue weighted by molar-refractivity contribution is 5.69. The number of rotatable bonds is 11. The maximum Gasteiger partial charge on any atom is 0.458 e. The number of aromatic nitrogens is 2. The van der Waals surface area contributed by atoms with Crippen LogP contribution in [-0.4, -0.2) is 34.9 Å². The summed E-state index contributed by atoms with van der Waals surface area (Å²) >= 11 is 0. The monoisotopic (exact) mass is 528 g/mol. The van der Waals surface area contributed by atoms with Gasteiger partial charge in [-0.05, 0) is 51.3 Å². The molecule has 0 radical (unpaired) electrons. The molecule has 0 saturated heterocycles. The number of aryl methyl sites for hydroxylation is 1. The summed E-state index contributed by atoms with van der Waals surface area (Å²) in [6.07, 6.45) is 0.122. The number of halogens is 3. The van der Waals surface area contributed by atoms with E-state index in [2.05, 4.69) is 10.9 Å². The number of imidazole rings is 1. The van der Waals surface area contributed by atoms with E-state index >= 15 is 0 Å². The second-order valence-corrected chi connectivity index (χ2v) is 8.21. The number of unbranched alkanes of at least 4 members (excludes halogenated alkanes) is 2. The van der Waals surface area contributed by atoms with Crippen LogP contribution in [0.5, 0.6) is 5.75 Å². The Morgan fingerprint density at radius 3 is 2.42 bits per heavy atom. The van der Waals surface area contributed by atoms with Crippen molar-refractivity contribution in [2.24, 2.45) is 0 Å². The second-order valence-electron chi connectivity index (χ2n) is 8.21. The Balaban J connectivity index is 0.00000247. The summed E-state index contributed by atoms with van der Waals surface area (Å²) in [7, 11) is 0. The average molecular weight is 529 g/mol. The molecular weight excluding hydrogens is 493 g/mol. The predicted molar refractivity (Wildman–Crippen MR) is 143 cm³/mol. The lowest BCUT2D eigenvalue weighted by atomic mass is 10.1. The number of carbonyl (C=O) groups excluding carboxylic acids is 1. The molecule has 0 aliphatic heterocycles. The van der Waals surface area contributed by atoms with Crippen molar-refractivity contribution in [2.75, 3.05) is 13.2 Å². The van der Waals surface area contributed by atoms with Gasteiger partial charge < -0.3 is 14.0 Å². The average Bonchev–Trinajstić information content (AvgIpc) is 3.26. The summed E-state index contributed by atoms with van der Waals surface area (Å²) < 4.78 is 50.1. The van der Waals surface area contributed by atoms with Crippen LogP contribution in [0, 0.1) is 18.8 Å². The van der Waals surface area contributed by atoms with Gasteiger partial charge in [-0.3, -0.25) is 4.79 Å². The van der Waals surface area contributed by atoms with Crippen LogP contribution in [0.2, 0.25) is 0 Å². The third-order valence-electron chi connectivity index (χ3n) is 5.44. The lowest BCUT2D eigenvalue weighted by molar-refractivity contribution is -0.143. The Hall–Kier alpha value is -3.73. The topological polar surface area (TPSA) is 53.4 Å². The van der Waals surface area contributed by atoms with E-state index in [0.29, 0.717) is 32.0 Å². The van der Waals surface area contributed by atoms with Crippen LogP contribution >= 0.6 is 0 Å². The first-order chi connectivity index (χ1) is 18.3. The minimum atomic E-state index is -4.52. The minimum Gasteiger partial charge on any atom is -0.493 e. The number of hydrogen-bond acceptors (Lipinski definition) is 4. The zero-order valence-corrected chi connectivity index (χ0v) is 22.4. The molecule has 8 heteroatoms. The molecule has 3 aromatic rings. The van der Waals surface area contributed by atoms with Gasteiger partial charge in [-0.1, -0.05) is 50.1 Å². The third kappa shape index (κ3) is 9.97. The van der Waals surface area contributed by atoms with Gasteiger partial charge >= 0.3 is 12.1 Å². The normalized spacial score (nSPS) is 10.6. The van der Waals surface area contributed by atoms with Crippen LogP contribution in [-0.2, 0) is 16.1 Å². The van der Waals surface area contributed by atoms with Gasteiger partial charge in [0, 0.05) is 40.9 Å². The molecule has 1 aromatic heterocycles. The van der Waals surface area contributed by atoms with E-state index in [9.17, 15) is 18.0 Å². The van der Waals surface area contributed by atoms with Crippen molar-refractivity contribution in [2.45, 2.75) is 66.1 Å². The Labute approximate surface area is 223 Å². The van der Waals surface area contributed by atoms with E-state index in [1.54, 1.807) is 37.4 Å². The smallest absolute Gasteiger partial charge is 0.458 e. The third-order valence-corrected chi connectivity index (χ3v) is 5.44. The van der Waals surface area contributed by atoms with E-state index in [1.807, 2.05) is 49.6 Å². The van der Waals surface area contributed by atoms with Gasteiger partial charge in [0.15, 0.2) is 0 Å². The van der Waals surface area contributed by atoms with Crippen molar-refractivity contribution in [1.29, 1.82) is 0 Å². The zero-order valence-electron chi connectivity index (χ0n) is 22.4. The molecule has 0 saturated carbocycles. The molecule has 0 unspecified atom stereocenters. The number of hydrogen-bond donors (Lipinski definition) is 0. The number of nitrogens with zero attached hydrogens (tertiary/aromatic N) is 2. The maximum absolute atomic E-state index is 12.4. The van der Waals surface area contributed by atoms with Crippen LogP contribution in [0.25, 0.3) is 11.4 Å². The van der Waals surface area contributed by atoms with E-state index < -0.39 is 6.18 Å². The van der Waals surface area contributed by atoms with Gasteiger partial charge in [0.05, 0.1) is 19.8 Å². The molecular formula is C30H35F3N2O3. The van der Waals surface area contributed by atoms with Crippen molar-refractivity contribution in [1.82, 2.24) is 9.55 Å². The molecule has 38 heavy (non-hydrogen) atoms. The molecule has 204 valence electrons. The number of benzene rings is 2. The van der Waals surface area contributed by atoms with Crippen molar-refractivity contribution < 1.29 is 27.4 Å². The largest absolute Gasteiger partial charge is 0.493 e. The summed E-state index contributed by atoms with van der Waals surface area (Å²) in [5, 5.41) is 0. The number of ether oxygens (including phenoxy) is 2. The highest BCUT2D eigenvalue weighted by atomic mass is 19.4. The summed E-state index contributed by atoms with van der Waals surface area (Å²) in [4.78, 5) is 15.9. The summed E-state index contributed by atoms with van der Waals surface area (Å²) in [6, 6.07) is 14.3. The molecule has 3 rings (SSSR count). The highest BCUT2D eigenvalue weighted by Crippen LogP contribution is 2.25. The Morgan fingerprint density at radius 2 is 1.74 bits per heavy atom. The van der Waals surface area contributed by atoms with Gasteiger partial charge in [-0.2, -0.15) is 13.2 Å². The first-order valence-electron chi connectivity index (χ1n) is 12.9. The van der Waals surface area contributed by atoms with Crippen LogP contribution in [0.15, 0.2) is 54.7 Å². The zero-order chi connectivity index (χ0) is 28.0. The Bertz CT molecular complexity index is 1210. The molecule has 0 aliphatic rings. The summed E-state index contributed by atoms with van der Waals surface area (Å²) in [5.74, 6) is 4.73. The van der Waals surface area contributed by atoms with E-state index in [-0.39, 0.29) is 11.5 Å². The fourth-order valence-corrected chi connectivity index (χ4v) is 3.65. The highest BCUT2D eigenvalue weighted by Gasteiger charge is 2.23. The first kappa shape index (κ1) is 30.5. The van der Waals surface area contributed by atoms with Crippen LogP contribution < -0.4 is 4.74 Å². The molecule has 2 aromatic carbocycles. The van der Waals surface area contributed by atoms with Crippen molar-refractivity contribution >= 4 is 5.97 Å². The molecule has 0 spiro atoms. The standard InChI is InChI=1S/C28H29F3N2O3.C2H6/c1-3-35-26(34)11-5-4-8-18-36-25-10-7-6-9-24(25)20-33-21(2)19-32-27(33)23-14-12-22(13-15-23)16-17-28(29,30)31;1-2/h6-7,9-10,12-15,19H,3-5,8,11,18,20H2,1-2H3;1-2H3. The Kier molecular flexibility index (Phi) is 12.4. The maximum atomic E-state index is 12.4. The Morgan fingerprint density at radius 1 is 1.03 bits per heavy atom. The molecule has 0 N–H and O–H groups in total. The van der Waals surface area contributed by atoms with Crippen LogP contribution in [0.3, 0.4) is 0 Å². The molecule has 0 bridgehead atoms. The number of alkyl halides is 3. The lowest BCUT2D eigenvalue weighted by Crippen LogP contribution is -2.07. The van der Waals surface area contributed by atoms with Gasteiger partial charge in [-0.15, -0.1) is 0 Å². The van der Waals surface area contributed by atoms with Crippen molar-refractivity contribution in [3.8, 4) is 29.0 Å². The molecule has 0 fully saturated rings. The quantitative estimate of drug-likeness (QED) is 0.148. The molecule has 1 heterocycles. The SMILES string of the molecule is CC.CCOC(=O)CCCCCOc1ccccc1Cn1c(C)cnc1-c1ccc(C#CC(F)(F)F)cc1.